The Balaban J connectivity index is 1.00. The molecule has 1 unspecified atom stereocenters. The van der Waals surface area contributed by atoms with Crippen LogP contribution in [0.15, 0.2) is 53.4 Å². The fourth-order valence-electron chi connectivity index (χ4n) is 6.53. The van der Waals surface area contributed by atoms with Gasteiger partial charge in [0.1, 0.15) is 0 Å². The predicted molar refractivity (Wildman–Crippen MR) is 154 cm³/mol. The molecule has 1 N–H and O–H groups in total. The van der Waals surface area contributed by atoms with Crippen LogP contribution in [0.1, 0.15) is 56.6 Å². The summed E-state index contributed by atoms with van der Waals surface area (Å²) in [6, 6.07) is 15.9. The van der Waals surface area contributed by atoms with Crippen molar-refractivity contribution in [1.29, 1.82) is 0 Å². The first kappa shape index (κ1) is 27.4. The Labute approximate surface area is 237 Å². The molecular formula is C31H40N4O4S. The Morgan fingerprint density at radius 2 is 1.57 bits per heavy atom. The molecule has 3 heterocycles. The van der Waals surface area contributed by atoms with Crippen LogP contribution in [0.2, 0.25) is 0 Å². The van der Waals surface area contributed by atoms with Crippen LogP contribution in [0.25, 0.3) is 0 Å². The number of benzene rings is 2. The van der Waals surface area contributed by atoms with Crippen LogP contribution in [-0.4, -0.2) is 67.7 Å². The molecule has 2 amide bonds. The first-order chi connectivity index (χ1) is 19.3. The zero-order valence-electron chi connectivity index (χ0n) is 23.3. The summed E-state index contributed by atoms with van der Waals surface area (Å²) < 4.78 is 28.5. The summed E-state index contributed by atoms with van der Waals surface area (Å²) in [7, 11) is -3.66. The van der Waals surface area contributed by atoms with Gasteiger partial charge in [-0.2, -0.15) is 4.31 Å². The average molecular weight is 565 g/mol. The molecule has 1 atom stereocenters. The number of sulfonamides is 1. The van der Waals surface area contributed by atoms with E-state index in [1.165, 1.54) is 9.87 Å². The van der Waals surface area contributed by atoms with Crippen LogP contribution in [0.4, 0.5) is 5.69 Å². The molecule has 214 valence electrons. The van der Waals surface area contributed by atoms with Crippen molar-refractivity contribution in [3.05, 3.63) is 59.7 Å². The van der Waals surface area contributed by atoms with Gasteiger partial charge in [0, 0.05) is 62.3 Å². The highest BCUT2D eigenvalue weighted by Crippen LogP contribution is 2.40. The Morgan fingerprint density at radius 3 is 2.25 bits per heavy atom. The number of nitrogens with one attached hydrogen (secondary N) is 1. The lowest BCUT2D eigenvalue weighted by molar-refractivity contribution is -0.127. The molecule has 1 aliphatic carbocycles. The van der Waals surface area contributed by atoms with Gasteiger partial charge < -0.3 is 10.2 Å². The van der Waals surface area contributed by atoms with Crippen LogP contribution >= 0.6 is 0 Å². The largest absolute Gasteiger partial charge is 0.353 e. The van der Waals surface area contributed by atoms with Gasteiger partial charge in [0.2, 0.25) is 21.8 Å². The van der Waals surface area contributed by atoms with Crippen LogP contribution in [0, 0.1) is 11.8 Å². The molecule has 0 bridgehead atoms. The van der Waals surface area contributed by atoms with Crippen LogP contribution < -0.4 is 10.2 Å². The van der Waals surface area contributed by atoms with Crippen molar-refractivity contribution in [2.24, 2.45) is 11.8 Å². The van der Waals surface area contributed by atoms with E-state index in [1.807, 2.05) is 17.9 Å². The number of likely N-dealkylation sites (tertiary alicyclic amines) is 1. The SMILES string of the molecule is CC1Cc2cc(S(=O)(=O)N3CCC(C(=O)NC4CCN(Cc5ccccc5)CC4)CC3)ccc2N1C(=O)C1CC1. The van der Waals surface area contributed by atoms with Gasteiger partial charge in [-0.3, -0.25) is 14.5 Å². The second-order valence-electron chi connectivity index (χ2n) is 12.0. The van der Waals surface area contributed by atoms with E-state index in [0.29, 0.717) is 32.4 Å². The summed E-state index contributed by atoms with van der Waals surface area (Å²) in [6.45, 7) is 5.57. The number of hydrogen-bond acceptors (Lipinski definition) is 5. The summed E-state index contributed by atoms with van der Waals surface area (Å²) in [5, 5.41) is 3.25. The Kier molecular flexibility index (Phi) is 7.72. The normalized spacial score (nSPS) is 23.2. The minimum absolute atomic E-state index is 0.0476. The van der Waals surface area contributed by atoms with Crippen LogP contribution in [0.3, 0.4) is 0 Å². The molecular weight excluding hydrogens is 524 g/mol. The molecule has 3 fully saturated rings. The zero-order chi connectivity index (χ0) is 27.9. The van der Waals surface area contributed by atoms with Gasteiger partial charge in [0.05, 0.1) is 4.90 Å². The van der Waals surface area contributed by atoms with Crippen LogP contribution in [0.5, 0.6) is 0 Å². The molecule has 3 aliphatic heterocycles. The monoisotopic (exact) mass is 564 g/mol. The van der Waals surface area contributed by atoms with Crippen LogP contribution in [-0.2, 0) is 32.6 Å². The van der Waals surface area contributed by atoms with E-state index in [1.54, 1.807) is 18.2 Å². The predicted octanol–water partition coefficient (Wildman–Crippen LogP) is 3.56. The molecule has 0 spiro atoms. The van der Waals surface area contributed by atoms with E-state index in [4.69, 9.17) is 0 Å². The molecule has 2 saturated heterocycles. The van der Waals surface area contributed by atoms with Gasteiger partial charge in [-0.05, 0) is 81.2 Å². The lowest BCUT2D eigenvalue weighted by Crippen LogP contribution is -2.48. The summed E-state index contributed by atoms with van der Waals surface area (Å²) in [5.41, 5.74) is 3.09. The number of nitrogens with zero attached hydrogens (tertiary/aromatic N) is 3. The highest BCUT2D eigenvalue weighted by Gasteiger charge is 2.40. The van der Waals surface area contributed by atoms with Gasteiger partial charge in [0.15, 0.2) is 0 Å². The maximum atomic E-state index is 13.5. The third kappa shape index (κ3) is 5.69. The van der Waals surface area contributed by atoms with E-state index in [-0.39, 0.29) is 40.6 Å². The molecule has 8 nitrogen and oxygen atoms in total. The lowest BCUT2D eigenvalue weighted by Gasteiger charge is -2.34. The van der Waals surface area contributed by atoms with Gasteiger partial charge in [0.25, 0.3) is 0 Å². The number of anilines is 1. The molecule has 0 radical (unpaired) electrons. The lowest BCUT2D eigenvalue weighted by atomic mass is 9.95. The molecule has 40 heavy (non-hydrogen) atoms. The first-order valence-electron chi connectivity index (χ1n) is 14.8. The highest BCUT2D eigenvalue weighted by atomic mass is 32.2. The summed E-state index contributed by atoms with van der Waals surface area (Å²) in [5.74, 6) is 0.199. The minimum Gasteiger partial charge on any atom is -0.353 e. The van der Waals surface area contributed by atoms with E-state index in [9.17, 15) is 18.0 Å². The maximum absolute atomic E-state index is 13.5. The third-order valence-corrected chi connectivity index (χ3v) is 11.0. The summed E-state index contributed by atoms with van der Waals surface area (Å²) >= 11 is 0. The van der Waals surface area contributed by atoms with Crippen molar-refractivity contribution in [1.82, 2.24) is 14.5 Å². The van der Waals surface area contributed by atoms with E-state index >= 15 is 0 Å². The molecule has 2 aromatic carbocycles. The molecule has 1 saturated carbocycles. The van der Waals surface area contributed by atoms with Crippen molar-refractivity contribution < 1.29 is 18.0 Å². The molecule has 9 heteroatoms. The summed E-state index contributed by atoms with van der Waals surface area (Å²) in [4.78, 5) is 30.4. The second kappa shape index (κ2) is 11.3. The Hall–Kier alpha value is -2.75. The first-order valence-corrected chi connectivity index (χ1v) is 16.3. The third-order valence-electron chi connectivity index (χ3n) is 9.08. The van der Waals surface area contributed by atoms with Gasteiger partial charge in [-0.15, -0.1) is 0 Å². The van der Waals surface area contributed by atoms with Gasteiger partial charge in [-0.1, -0.05) is 30.3 Å². The number of piperidine rings is 2. The summed E-state index contributed by atoms with van der Waals surface area (Å²) in [6.07, 6.45) is 5.51. The van der Waals surface area contributed by atoms with Gasteiger partial charge >= 0.3 is 0 Å². The van der Waals surface area contributed by atoms with E-state index < -0.39 is 10.0 Å². The number of carbonyl (C=O) groups excluding carboxylic acids is 2. The Bertz CT molecular complexity index is 1340. The minimum atomic E-state index is -3.66. The van der Waals surface area contributed by atoms with E-state index in [2.05, 4.69) is 34.5 Å². The molecule has 0 aromatic heterocycles. The zero-order valence-corrected chi connectivity index (χ0v) is 24.1. The topological polar surface area (TPSA) is 90.0 Å². The number of fused-ring (bicyclic) bond motifs is 1. The maximum Gasteiger partial charge on any atom is 0.243 e. The van der Waals surface area contributed by atoms with Crippen molar-refractivity contribution in [2.45, 2.75) is 75.4 Å². The quantitative estimate of drug-likeness (QED) is 0.556. The van der Waals surface area contributed by atoms with E-state index in [0.717, 1.165) is 56.6 Å². The fourth-order valence-corrected chi connectivity index (χ4v) is 8.06. The van der Waals surface area contributed by atoms with Gasteiger partial charge in [-0.25, -0.2) is 8.42 Å². The van der Waals surface area contributed by atoms with Crippen molar-refractivity contribution in [2.75, 3.05) is 31.1 Å². The molecule has 6 rings (SSSR count). The average Bonchev–Trinajstić information content (AvgIpc) is 3.76. The smallest absolute Gasteiger partial charge is 0.243 e. The van der Waals surface area contributed by atoms with Crippen molar-refractivity contribution >= 4 is 27.5 Å². The number of hydrogen-bond donors (Lipinski definition) is 1. The fraction of sp³-hybridized carbons (Fsp3) is 0.548. The number of carbonyl (C=O) groups is 2. The standard InChI is InChI=1S/C31H40N4O4S/c1-22-19-26-20-28(9-10-29(26)35(22)31(37)25-7-8-25)40(38,39)34-17-11-24(12-18-34)30(36)32-27-13-15-33(16-14-27)21-23-5-3-2-4-6-23/h2-6,9-10,20,22,24-25,27H,7-8,11-19,21H2,1H3,(H,32,36). The molecule has 4 aliphatic rings. The second-order valence-corrected chi connectivity index (χ2v) is 14.0. The van der Waals surface area contributed by atoms with Crippen molar-refractivity contribution in [3.8, 4) is 0 Å². The number of amides is 2. The highest BCUT2D eigenvalue weighted by molar-refractivity contribution is 7.89. The molecule has 2 aromatic rings. The van der Waals surface area contributed by atoms with Crippen molar-refractivity contribution in [3.63, 3.8) is 0 Å². The Morgan fingerprint density at radius 1 is 0.875 bits per heavy atom. The number of rotatable bonds is 7.